The van der Waals surface area contributed by atoms with Crippen LogP contribution >= 0.6 is 0 Å². The minimum absolute atomic E-state index is 0.0173. The number of likely N-dealkylation sites (N-methyl/N-ethyl adjacent to an activating group) is 1. The molecule has 0 amide bonds. The first-order chi connectivity index (χ1) is 20.8. The Balaban J connectivity index is 0.991. The number of piperazine rings is 1. The summed E-state index contributed by atoms with van der Waals surface area (Å²) in [5.41, 5.74) is 2.09. The van der Waals surface area contributed by atoms with Gasteiger partial charge in [0, 0.05) is 69.0 Å². The Hall–Kier alpha value is -4.55. The van der Waals surface area contributed by atoms with Crippen molar-refractivity contribution in [3.05, 3.63) is 95.8 Å². The molecule has 2 aliphatic heterocycles. The van der Waals surface area contributed by atoms with Crippen molar-refractivity contribution in [2.24, 2.45) is 0 Å². The molecule has 0 N–H and O–H groups in total. The molecule has 4 heterocycles. The van der Waals surface area contributed by atoms with Gasteiger partial charge in [-0.3, -0.25) is 4.90 Å². The average molecular weight is 593 g/mol. The largest absolute Gasteiger partial charge is 0.473 e. The highest BCUT2D eigenvalue weighted by Gasteiger charge is 2.30. The molecule has 1 radical (unpaired) electrons. The highest BCUT2D eigenvalue weighted by Crippen LogP contribution is 2.33. The van der Waals surface area contributed by atoms with E-state index in [4.69, 9.17) is 24.3 Å². The van der Waals surface area contributed by atoms with Gasteiger partial charge in [0.25, 0.3) is 0 Å². The Morgan fingerprint density at radius 2 is 1.67 bits per heavy atom. The van der Waals surface area contributed by atoms with Crippen molar-refractivity contribution in [1.29, 1.82) is 0 Å². The molecular weight excluding hydrogens is 563 g/mol. The number of hydrogen-bond acceptors (Lipinski definition) is 8. The molecule has 2 aliphatic rings. The fraction of sp³-hybridized carbons (Fsp3) is 0.290. The summed E-state index contributed by atoms with van der Waals surface area (Å²) in [7, 11) is 2.04. The Labute approximate surface area is 246 Å². The van der Waals surface area contributed by atoms with Crippen LogP contribution in [-0.4, -0.2) is 54.5 Å². The first kappa shape index (κ1) is 28.6. The number of anilines is 1. The van der Waals surface area contributed by atoms with Gasteiger partial charge in [-0.25, -0.2) is 15.3 Å². The standard InChI is InChI=1S/C31H29F3N5O4/c1-38(28-18-39(13-12-35-28)17-21-2-9-26-27(14-21)42-20-41-26)24-5-7-25(8-6-24)43-30-10-3-22(15-36-30)19-40-29-11-4-23(16-37-29)31(32,33)34/h2-11,14-16,28H,12-13,17-20H2,1H3. The Kier molecular flexibility index (Phi) is 8.21. The first-order valence-corrected chi connectivity index (χ1v) is 13.7. The second kappa shape index (κ2) is 12.4. The van der Waals surface area contributed by atoms with Gasteiger partial charge < -0.3 is 23.8 Å². The molecule has 6 rings (SSSR count). The van der Waals surface area contributed by atoms with Crippen LogP contribution in [0.2, 0.25) is 0 Å². The van der Waals surface area contributed by atoms with E-state index in [-0.39, 0.29) is 25.4 Å². The molecule has 4 aromatic rings. The molecule has 0 aliphatic carbocycles. The third-order valence-corrected chi connectivity index (χ3v) is 7.18. The summed E-state index contributed by atoms with van der Waals surface area (Å²) in [6.07, 6.45) is -2.09. The van der Waals surface area contributed by atoms with E-state index in [1.807, 2.05) is 43.4 Å². The number of nitrogens with zero attached hydrogens (tertiary/aromatic N) is 5. The van der Waals surface area contributed by atoms with Crippen molar-refractivity contribution >= 4 is 5.69 Å². The van der Waals surface area contributed by atoms with Gasteiger partial charge >= 0.3 is 6.18 Å². The van der Waals surface area contributed by atoms with Gasteiger partial charge in [0.2, 0.25) is 18.6 Å². The van der Waals surface area contributed by atoms with Gasteiger partial charge in [-0.1, -0.05) is 6.07 Å². The van der Waals surface area contributed by atoms with E-state index >= 15 is 0 Å². The van der Waals surface area contributed by atoms with Crippen molar-refractivity contribution in [2.45, 2.75) is 25.5 Å². The molecule has 2 aromatic carbocycles. The van der Waals surface area contributed by atoms with E-state index in [9.17, 15) is 13.2 Å². The van der Waals surface area contributed by atoms with Crippen LogP contribution in [-0.2, 0) is 19.3 Å². The van der Waals surface area contributed by atoms with Gasteiger partial charge in [-0.05, 0) is 54.1 Å². The second-order valence-corrected chi connectivity index (χ2v) is 10.2. The molecule has 2 aromatic heterocycles. The van der Waals surface area contributed by atoms with Gasteiger partial charge in [0.15, 0.2) is 11.5 Å². The van der Waals surface area contributed by atoms with Crippen LogP contribution in [0.15, 0.2) is 79.1 Å². The zero-order valence-electron chi connectivity index (χ0n) is 23.3. The molecule has 223 valence electrons. The summed E-state index contributed by atoms with van der Waals surface area (Å²) in [6, 6.07) is 19.4. The number of ether oxygens (including phenoxy) is 4. The normalized spacial score (nSPS) is 16.6. The Morgan fingerprint density at radius 3 is 2.42 bits per heavy atom. The predicted molar refractivity (Wildman–Crippen MR) is 151 cm³/mol. The Bertz CT molecular complexity index is 1520. The first-order valence-electron chi connectivity index (χ1n) is 13.7. The number of benzene rings is 2. The predicted octanol–water partition coefficient (Wildman–Crippen LogP) is 5.48. The molecule has 0 saturated carbocycles. The lowest BCUT2D eigenvalue weighted by atomic mass is 10.1. The summed E-state index contributed by atoms with van der Waals surface area (Å²) in [5.74, 6) is 2.71. The molecule has 1 unspecified atom stereocenters. The smallest absolute Gasteiger partial charge is 0.417 e. The number of rotatable bonds is 9. The fourth-order valence-corrected chi connectivity index (χ4v) is 4.80. The van der Waals surface area contributed by atoms with Gasteiger partial charge in [-0.15, -0.1) is 0 Å². The maximum atomic E-state index is 12.7. The van der Waals surface area contributed by atoms with Crippen molar-refractivity contribution in [2.75, 3.05) is 38.4 Å². The number of fused-ring (bicyclic) bond motifs is 1. The number of aromatic nitrogens is 2. The minimum Gasteiger partial charge on any atom is -0.473 e. The second-order valence-electron chi connectivity index (χ2n) is 10.2. The summed E-state index contributed by atoms with van der Waals surface area (Å²) in [5, 5.41) is 4.84. The lowest BCUT2D eigenvalue weighted by molar-refractivity contribution is -0.137. The molecule has 1 fully saturated rings. The van der Waals surface area contributed by atoms with Gasteiger partial charge in [0.05, 0.1) is 5.56 Å². The quantitative estimate of drug-likeness (QED) is 0.253. The van der Waals surface area contributed by atoms with Crippen molar-refractivity contribution in [3.63, 3.8) is 0 Å². The molecule has 9 nitrogen and oxygen atoms in total. The molecule has 43 heavy (non-hydrogen) atoms. The molecular formula is C31H29F3N5O4. The third kappa shape index (κ3) is 7.09. The zero-order valence-corrected chi connectivity index (χ0v) is 23.3. The van der Waals surface area contributed by atoms with Crippen LogP contribution in [0, 0.1) is 0 Å². The minimum atomic E-state index is -4.44. The SMILES string of the molecule is CN(c1ccc(Oc2ccc(COc3ccc(C(F)(F)F)cn3)cn2)cc1)C1CN(Cc2ccc3c(c2)OCO3)CC[N]1. The van der Waals surface area contributed by atoms with Crippen LogP contribution < -0.4 is 29.2 Å². The van der Waals surface area contributed by atoms with Crippen molar-refractivity contribution in [1.82, 2.24) is 20.2 Å². The molecule has 0 spiro atoms. The van der Waals surface area contributed by atoms with Crippen molar-refractivity contribution < 1.29 is 32.1 Å². The lowest BCUT2D eigenvalue weighted by Crippen LogP contribution is -2.54. The Morgan fingerprint density at radius 1 is 0.907 bits per heavy atom. The number of pyridine rings is 2. The summed E-state index contributed by atoms with van der Waals surface area (Å²) < 4.78 is 60.4. The topological polar surface area (TPSA) is 83.3 Å². The van der Waals surface area contributed by atoms with E-state index in [0.29, 0.717) is 11.6 Å². The van der Waals surface area contributed by atoms with E-state index in [0.717, 1.165) is 61.2 Å². The van der Waals surface area contributed by atoms with E-state index in [2.05, 4.69) is 25.8 Å². The summed E-state index contributed by atoms with van der Waals surface area (Å²) in [6.45, 7) is 3.65. The highest BCUT2D eigenvalue weighted by atomic mass is 19.4. The van der Waals surface area contributed by atoms with Crippen LogP contribution in [0.1, 0.15) is 16.7 Å². The van der Waals surface area contributed by atoms with Crippen LogP contribution in [0.5, 0.6) is 29.0 Å². The lowest BCUT2D eigenvalue weighted by Gasteiger charge is -2.38. The van der Waals surface area contributed by atoms with Gasteiger partial charge in [0.1, 0.15) is 18.5 Å². The number of halogens is 3. The third-order valence-electron chi connectivity index (χ3n) is 7.18. The fourth-order valence-electron chi connectivity index (χ4n) is 4.80. The monoisotopic (exact) mass is 592 g/mol. The van der Waals surface area contributed by atoms with Crippen LogP contribution in [0.3, 0.4) is 0 Å². The molecule has 1 atom stereocenters. The number of alkyl halides is 3. The highest BCUT2D eigenvalue weighted by molar-refractivity contribution is 5.50. The zero-order chi connectivity index (χ0) is 29.8. The van der Waals surface area contributed by atoms with E-state index in [1.165, 1.54) is 11.6 Å². The molecule has 0 bridgehead atoms. The average Bonchev–Trinajstić information content (AvgIpc) is 3.49. The molecule has 1 saturated heterocycles. The summed E-state index contributed by atoms with van der Waals surface area (Å²) in [4.78, 5) is 12.6. The molecule has 12 heteroatoms. The van der Waals surface area contributed by atoms with E-state index in [1.54, 1.807) is 18.3 Å². The maximum Gasteiger partial charge on any atom is 0.417 e. The van der Waals surface area contributed by atoms with Crippen LogP contribution in [0.25, 0.3) is 0 Å². The van der Waals surface area contributed by atoms with Crippen molar-refractivity contribution in [3.8, 4) is 29.0 Å². The number of hydrogen-bond donors (Lipinski definition) is 0. The van der Waals surface area contributed by atoms with Crippen LogP contribution in [0.4, 0.5) is 18.9 Å². The summed E-state index contributed by atoms with van der Waals surface area (Å²) >= 11 is 0. The maximum absolute atomic E-state index is 12.7. The van der Waals surface area contributed by atoms with E-state index < -0.39 is 11.7 Å². The van der Waals surface area contributed by atoms with Gasteiger partial charge in [-0.2, -0.15) is 13.2 Å².